The summed E-state index contributed by atoms with van der Waals surface area (Å²) in [5, 5.41) is 28.7. The van der Waals surface area contributed by atoms with Crippen LogP contribution in [0.5, 0.6) is 0 Å². The minimum atomic E-state index is -0.987. The van der Waals surface area contributed by atoms with Crippen molar-refractivity contribution in [3.05, 3.63) is 94.0 Å². The maximum atomic E-state index is 13.5. The first-order chi connectivity index (χ1) is 22.4. The van der Waals surface area contributed by atoms with E-state index in [-0.39, 0.29) is 24.0 Å². The molecule has 2 aliphatic heterocycles. The Morgan fingerprint density at radius 3 is 2.63 bits per heavy atom. The lowest BCUT2D eigenvalue weighted by Gasteiger charge is -2.22. The van der Waals surface area contributed by atoms with Crippen LogP contribution >= 0.6 is 11.6 Å². The molecule has 5 aromatic rings. The average molecular weight is 645 g/mol. The fourth-order valence-electron chi connectivity index (χ4n) is 5.97. The number of pyridine rings is 1. The second-order valence-corrected chi connectivity index (χ2v) is 11.3. The van der Waals surface area contributed by atoms with Crippen LogP contribution in [0, 0.1) is 5.92 Å². The number of carbonyl (C=O) groups is 2. The number of imidazole rings is 1. The van der Waals surface area contributed by atoms with Crippen LogP contribution in [0.2, 0.25) is 5.02 Å². The number of aromatic amines is 1. The Kier molecular flexibility index (Phi) is 8.90. The maximum absolute atomic E-state index is 13.5. The van der Waals surface area contributed by atoms with E-state index in [9.17, 15) is 14.7 Å². The van der Waals surface area contributed by atoms with E-state index >= 15 is 0 Å². The standard InChI is InChI=1S/C30H27ClN8O4.CH2O2/c31-21-3-7-26(38-17-33-35-36-38)24(13-21)20-11-23-6-8-27(39(23)28(40)12-20)29-32-14-25(34-29)19-1-4-22(5-2-19)37(30(41)42)15-18-9-10-43-16-18;2-1-3/h1-5,7,11-14,17-18,27H,6,8-10,15-16H2,(H,32,34)(H,41,42);1H,(H,2,3)/t18?,27-;/m0./s1. The Bertz CT molecular complexity index is 1900. The molecule has 0 saturated carbocycles. The van der Waals surface area contributed by atoms with E-state index in [0.717, 1.165) is 40.9 Å². The molecule has 3 aromatic heterocycles. The predicted molar refractivity (Wildman–Crippen MR) is 167 cm³/mol. The molecular weight excluding hydrogens is 616 g/mol. The zero-order valence-electron chi connectivity index (χ0n) is 24.4. The first kappa shape index (κ1) is 30.7. The molecular formula is C31H29ClN8O6. The molecule has 1 amide bonds. The number of amides is 1. The van der Waals surface area contributed by atoms with Crippen LogP contribution in [-0.2, 0) is 16.0 Å². The monoisotopic (exact) mass is 644 g/mol. The van der Waals surface area contributed by atoms with E-state index < -0.39 is 6.09 Å². The summed E-state index contributed by atoms with van der Waals surface area (Å²) < 4.78 is 8.74. The lowest BCUT2D eigenvalue weighted by Crippen LogP contribution is -2.34. The van der Waals surface area contributed by atoms with Crippen molar-refractivity contribution in [3.63, 3.8) is 0 Å². The molecule has 15 heteroatoms. The van der Waals surface area contributed by atoms with Gasteiger partial charge in [0.25, 0.3) is 12.0 Å². The van der Waals surface area contributed by atoms with Crippen molar-refractivity contribution in [2.75, 3.05) is 24.7 Å². The predicted octanol–water partition coefficient (Wildman–Crippen LogP) is 4.29. The Balaban J connectivity index is 0.00000119. The van der Waals surface area contributed by atoms with Crippen LogP contribution in [0.15, 0.2) is 71.9 Å². The number of ether oxygens (including phenoxy) is 1. The number of nitrogens with one attached hydrogen (secondary N) is 1. The maximum Gasteiger partial charge on any atom is 0.411 e. The fourth-order valence-corrected chi connectivity index (χ4v) is 6.15. The molecule has 7 rings (SSSR count). The Morgan fingerprint density at radius 1 is 1.13 bits per heavy atom. The van der Waals surface area contributed by atoms with Crippen molar-refractivity contribution >= 4 is 29.9 Å². The lowest BCUT2D eigenvalue weighted by molar-refractivity contribution is -0.122. The smallest absolute Gasteiger partial charge is 0.411 e. The Hall–Kier alpha value is -5.34. The van der Waals surface area contributed by atoms with Crippen LogP contribution in [0.25, 0.3) is 28.1 Å². The number of carboxylic acid groups (broad SMARTS) is 2. The molecule has 14 nitrogen and oxygen atoms in total. The number of halogens is 1. The summed E-state index contributed by atoms with van der Waals surface area (Å²) in [5.74, 6) is 0.886. The topological polar surface area (TPSA) is 181 Å². The number of H-pyrrole nitrogens is 1. The lowest BCUT2D eigenvalue weighted by atomic mass is 10.0. The van der Waals surface area contributed by atoms with Crippen molar-refractivity contribution in [1.82, 2.24) is 34.7 Å². The van der Waals surface area contributed by atoms with Crippen molar-refractivity contribution in [2.45, 2.75) is 25.3 Å². The number of benzene rings is 2. The van der Waals surface area contributed by atoms with Crippen LogP contribution < -0.4 is 10.5 Å². The molecule has 0 radical (unpaired) electrons. The van der Waals surface area contributed by atoms with Gasteiger partial charge in [0.1, 0.15) is 12.2 Å². The zero-order valence-corrected chi connectivity index (χ0v) is 25.1. The van der Waals surface area contributed by atoms with Gasteiger partial charge < -0.3 is 24.5 Å². The molecule has 1 saturated heterocycles. The van der Waals surface area contributed by atoms with E-state index in [1.165, 1.54) is 11.2 Å². The van der Waals surface area contributed by atoms with Gasteiger partial charge in [0, 0.05) is 47.1 Å². The summed E-state index contributed by atoms with van der Waals surface area (Å²) in [5.41, 5.74) is 5.24. The van der Waals surface area contributed by atoms with Crippen LogP contribution in [-0.4, -0.2) is 77.3 Å². The highest BCUT2D eigenvalue weighted by molar-refractivity contribution is 6.31. The molecule has 1 unspecified atom stereocenters. The number of tetrazole rings is 1. The van der Waals surface area contributed by atoms with Gasteiger partial charge in [0.05, 0.1) is 30.2 Å². The number of fused-ring (bicyclic) bond motifs is 1. The van der Waals surface area contributed by atoms with Crippen molar-refractivity contribution in [2.24, 2.45) is 5.92 Å². The molecule has 2 aromatic carbocycles. The summed E-state index contributed by atoms with van der Waals surface area (Å²) in [6.07, 6.45) is 4.54. The van der Waals surface area contributed by atoms with Gasteiger partial charge >= 0.3 is 6.09 Å². The number of aryl methyl sites for hydroxylation is 1. The summed E-state index contributed by atoms with van der Waals surface area (Å²) >= 11 is 6.32. The van der Waals surface area contributed by atoms with Gasteiger partial charge in [-0.15, -0.1) is 5.10 Å². The number of aromatic nitrogens is 7. The van der Waals surface area contributed by atoms with Gasteiger partial charge in [-0.25, -0.2) is 9.78 Å². The largest absolute Gasteiger partial charge is 0.483 e. The molecule has 2 atom stereocenters. The minimum Gasteiger partial charge on any atom is -0.483 e. The van der Waals surface area contributed by atoms with Crippen molar-refractivity contribution in [3.8, 4) is 28.1 Å². The van der Waals surface area contributed by atoms with Gasteiger partial charge in [-0.05, 0) is 77.2 Å². The van der Waals surface area contributed by atoms with E-state index in [4.69, 9.17) is 26.2 Å². The first-order valence-electron chi connectivity index (χ1n) is 14.5. The molecule has 0 bridgehead atoms. The second kappa shape index (κ2) is 13.3. The average Bonchev–Trinajstić information content (AvgIpc) is 3.88. The Labute approximate surface area is 266 Å². The number of nitrogens with zero attached hydrogens (tertiary/aromatic N) is 7. The highest BCUT2D eigenvalue weighted by atomic mass is 35.5. The van der Waals surface area contributed by atoms with E-state index in [2.05, 4.69) is 25.5 Å². The number of hydrogen-bond donors (Lipinski definition) is 3. The van der Waals surface area contributed by atoms with Crippen LogP contribution in [0.4, 0.5) is 10.5 Å². The Morgan fingerprint density at radius 2 is 1.93 bits per heavy atom. The third kappa shape index (κ3) is 6.25. The molecule has 46 heavy (non-hydrogen) atoms. The second-order valence-electron chi connectivity index (χ2n) is 10.9. The fraction of sp³-hybridized carbons (Fsp3) is 0.258. The molecule has 1 fully saturated rings. The SMILES string of the molecule is O=C(O)N(CC1CCOC1)c1ccc(-c2cnc([C@@H]3CCc4cc(-c5cc(Cl)ccc5-n5cnnn5)cc(=O)n43)[nH]2)cc1.O=CO. The van der Waals surface area contributed by atoms with Gasteiger partial charge in [-0.1, -0.05) is 23.7 Å². The quantitative estimate of drug-likeness (QED) is 0.216. The first-order valence-corrected chi connectivity index (χ1v) is 14.8. The zero-order chi connectivity index (χ0) is 32.2. The molecule has 0 aliphatic carbocycles. The van der Waals surface area contributed by atoms with Crippen molar-refractivity contribution < 1.29 is 24.5 Å². The van der Waals surface area contributed by atoms with E-state index in [1.54, 1.807) is 45.8 Å². The summed E-state index contributed by atoms with van der Waals surface area (Å²) in [6, 6.07) is 16.1. The van der Waals surface area contributed by atoms with E-state index in [1.807, 2.05) is 24.3 Å². The summed E-state index contributed by atoms with van der Waals surface area (Å²) in [4.78, 5) is 43.2. The number of hydrogen-bond acceptors (Lipinski definition) is 8. The number of rotatable bonds is 7. The third-order valence-electron chi connectivity index (χ3n) is 8.10. The highest BCUT2D eigenvalue weighted by Gasteiger charge is 2.28. The van der Waals surface area contributed by atoms with Gasteiger partial charge in [0.15, 0.2) is 0 Å². The van der Waals surface area contributed by atoms with Gasteiger partial charge in [-0.3, -0.25) is 14.5 Å². The molecule has 0 spiro atoms. The van der Waals surface area contributed by atoms with E-state index in [0.29, 0.717) is 48.4 Å². The summed E-state index contributed by atoms with van der Waals surface area (Å²) in [6.45, 7) is 1.40. The van der Waals surface area contributed by atoms with Gasteiger partial charge in [0.2, 0.25) is 0 Å². The molecule has 5 heterocycles. The normalized spacial score (nSPS) is 16.8. The molecule has 3 N–H and O–H groups in total. The number of anilines is 1. The van der Waals surface area contributed by atoms with Gasteiger partial charge in [-0.2, -0.15) is 4.68 Å². The highest BCUT2D eigenvalue weighted by Crippen LogP contribution is 2.34. The minimum absolute atomic E-state index is 0.138. The summed E-state index contributed by atoms with van der Waals surface area (Å²) in [7, 11) is 0. The van der Waals surface area contributed by atoms with Crippen LogP contribution in [0.1, 0.15) is 30.4 Å². The van der Waals surface area contributed by atoms with Crippen LogP contribution in [0.3, 0.4) is 0 Å². The molecule has 236 valence electrons. The third-order valence-corrected chi connectivity index (χ3v) is 8.33. The molecule has 2 aliphatic rings. The van der Waals surface area contributed by atoms with Crippen molar-refractivity contribution in [1.29, 1.82) is 0 Å².